The lowest BCUT2D eigenvalue weighted by Gasteiger charge is -2.14. The van der Waals surface area contributed by atoms with Crippen molar-refractivity contribution in [3.8, 4) is 0 Å². The summed E-state index contributed by atoms with van der Waals surface area (Å²) in [5, 5.41) is 0. The Morgan fingerprint density at radius 2 is 1.23 bits per heavy atom. The zero-order valence-corrected chi connectivity index (χ0v) is 15.2. The molecule has 0 saturated carbocycles. The highest BCUT2D eigenvalue weighted by Crippen LogP contribution is 2.14. The van der Waals surface area contributed by atoms with Crippen LogP contribution in [0.4, 0.5) is 0 Å². The van der Waals surface area contributed by atoms with Crippen LogP contribution in [0.2, 0.25) is 0 Å². The Labute approximate surface area is 138 Å². The summed E-state index contributed by atoms with van der Waals surface area (Å²) in [5.41, 5.74) is 0. The molecule has 0 rings (SSSR count). The van der Waals surface area contributed by atoms with Crippen LogP contribution >= 0.6 is 0 Å². The summed E-state index contributed by atoms with van der Waals surface area (Å²) in [6.07, 6.45) is 16.4. The molecular weight excluding hydrogens is 276 g/mol. The van der Waals surface area contributed by atoms with E-state index in [4.69, 9.17) is 9.47 Å². The van der Waals surface area contributed by atoms with Gasteiger partial charge in [-0.15, -0.1) is 0 Å². The fourth-order valence-electron chi connectivity index (χ4n) is 2.77. The fraction of sp³-hybridized carbons (Fsp3) is 0.947. The van der Waals surface area contributed by atoms with E-state index in [0.717, 1.165) is 12.8 Å². The molecule has 0 heterocycles. The van der Waals surface area contributed by atoms with Crippen molar-refractivity contribution in [3.05, 3.63) is 0 Å². The summed E-state index contributed by atoms with van der Waals surface area (Å²) in [6.45, 7) is 4.75. The van der Waals surface area contributed by atoms with Crippen molar-refractivity contribution in [1.82, 2.24) is 0 Å². The highest BCUT2D eigenvalue weighted by molar-refractivity contribution is 5.74. The zero-order valence-electron chi connectivity index (χ0n) is 15.2. The van der Waals surface area contributed by atoms with Gasteiger partial charge in [-0.3, -0.25) is 0 Å². The third-order valence-electron chi connectivity index (χ3n) is 4.15. The minimum Gasteiger partial charge on any atom is -0.467 e. The first-order chi connectivity index (χ1) is 10.8. The molecule has 0 N–H and O–H groups in total. The van der Waals surface area contributed by atoms with Crippen LogP contribution in [0, 0.1) is 0 Å². The second-order valence-corrected chi connectivity index (χ2v) is 6.14. The van der Waals surface area contributed by atoms with Gasteiger partial charge in [0, 0.05) is 6.61 Å². The van der Waals surface area contributed by atoms with Crippen molar-refractivity contribution >= 4 is 5.97 Å². The number of hydrogen-bond donors (Lipinski definition) is 0. The molecule has 3 heteroatoms. The van der Waals surface area contributed by atoms with Crippen molar-refractivity contribution in [2.24, 2.45) is 0 Å². The molecule has 0 aliphatic rings. The Morgan fingerprint density at radius 3 is 1.64 bits per heavy atom. The lowest BCUT2D eigenvalue weighted by molar-refractivity contribution is -0.154. The van der Waals surface area contributed by atoms with Gasteiger partial charge in [0.25, 0.3) is 0 Å². The third kappa shape index (κ3) is 13.1. The number of ether oxygens (including phenoxy) is 2. The molecule has 0 amide bonds. The molecule has 0 aromatic carbocycles. The molecule has 0 aromatic rings. The standard InChI is InChI=1S/C19H38O3/c1-4-6-7-8-9-10-11-12-13-14-15-16-17-18(22-5-2)19(20)21-3/h18H,4-17H2,1-3H3. The van der Waals surface area contributed by atoms with Crippen molar-refractivity contribution in [2.75, 3.05) is 13.7 Å². The number of carbonyl (C=O) groups is 1. The van der Waals surface area contributed by atoms with Gasteiger partial charge in [-0.1, -0.05) is 84.0 Å². The van der Waals surface area contributed by atoms with Crippen LogP contribution in [0.15, 0.2) is 0 Å². The van der Waals surface area contributed by atoms with E-state index in [1.807, 2.05) is 6.92 Å². The molecule has 0 aliphatic carbocycles. The van der Waals surface area contributed by atoms with Crippen molar-refractivity contribution in [1.29, 1.82) is 0 Å². The largest absolute Gasteiger partial charge is 0.467 e. The summed E-state index contributed by atoms with van der Waals surface area (Å²) in [6, 6.07) is 0. The SMILES string of the molecule is CCCCCCCCCCCCCCC(OCC)C(=O)OC. The Bertz CT molecular complexity index is 241. The molecule has 132 valence electrons. The van der Waals surface area contributed by atoms with Gasteiger partial charge < -0.3 is 9.47 Å². The maximum absolute atomic E-state index is 11.5. The van der Waals surface area contributed by atoms with Gasteiger partial charge in [-0.25, -0.2) is 4.79 Å². The third-order valence-corrected chi connectivity index (χ3v) is 4.15. The number of hydrogen-bond acceptors (Lipinski definition) is 3. The quantitative estimate of drug-likeness (QED) is 0.272. The van der Waals surface area contributed by atoms with Crippen LogP contribution in [-0.4, -0.2) is 25.8 Å². The van der Waals surface area contributed by atoms with Crippen LogP contribution < -0.4 is 0 Å². The van der Waals surface area contributed by atoms with Crippen LogP contribution in [-0.2, 0) is 14.3 Å². The Hall–Kier alpha value is -0.570. The molecule has 1 atom stereocenters. The van der Waals surface area contributed by atoms with Crippen molar-refractivity contribution in [2.45, 2.75) is 103 Å². The summed E-state index contributed by atoms with van der Waals surface area (Å²) >= 11 is 0. The highest BCUT2D eigenvalue weighted by atomic mass is 16.6. The first kappa shape index (κ1) is 21.4. The normalized spacial score (nSPS) is 12.3. The molecular formula is C19H38O3. The van der Waals surface area contributed by atoms with Crippen LogP contribution in [0.5, 0.6) is 0 Å². The first-order valence-electron chi connectivity index (χ1n) is 9.45. The molecule has 1 unspecified atom stereocenters. The van der Waals surface area contributed by atoms with Gasteiger partial charge >= 0.3 is 5.97 Å². The van der Waals surface area contributed by atoms with Crippen LogP contribution in [0.1, 0.15) is 97.3 Å². The summed E-state index contributed by atoms with van der Waals surface area (Å²) in [4.78, 5) is 11.5. The summed E-state index contributed by atoms with van der Waals surface area (Å²) in [7, 11) is 1.43. The minimum absolute atomic E-state index is 0.232. The summed E-state index contributed by atoms with van der Waals surface area (Å²) in [5.74, 6) is -0.232. The Balaban J connectivity index is 3.33. The number of unbranched alkanes of at least 4 members (excludes halogenated alkanes) is 11. The van der Waals surface area contributed by atoms with Crippen molar-refractivity contribution in [3.63, 3.8) is 0 Å². The summed E-state index contributed by atoms with van der Waals surface area (Å²) < 4.78 is 10.2. The number of esters is 1. The van der Waals surface area contributed by atoms with E-state index in [2.05, 4.69) is 6.92 Å². The molecule has 0 saturated heterocycles. The average molecular weight is 315 g/mol. The van der Waals surface area contributed by atoms with Gasteiger partial charge in [0.05, 0.1) is 7.11 Å². The van der Waals surface area contributed by atoms with Gasteiger partial charge in [-0.2, -0.15) is 0 Å². The molecule has 22 heavy (non-hydrogen) atoms. The smallest absolute Gasteiger partial charge is 0.334 e. The van der Waals surface area contributed by atoms with E-state index in [1.165, 1.54) is 77.7 Å². The molecule has 0 bridgehead atoms. The zero-order chi connectivity index (χ0) is 16.5. The van der Waals surface area contributed by atoms with Gasteiger partial charge in [0.15, 0.2) is 6.10 Å². The maximum Gasteiger partial charge on any atom is 0.334 e. The Morgan fingerprint density at radius 1 is 0.773 bits per heavy atom. The van der Waals surface area contributed by atoms with E-state index in [0.29, 0.717) is 6.61 Å². The maximum atomic E-state index is 11.5. The predicted octanol–water partition coefficient (Wildman–Crippen LogP) is 5.66. The number of rotatable bonds is 16. The average Bonchev–Trinajstić information content (AvgIpc) is 2.54. The molecule has 0 aromatic heterocycles. The van der Waals surface area contributed by atoms with Crippen LogP contribution in [0.3, 0.4) is 0 Å². The number of carbonyl (C=O) groups excluding carboxylic acids is 1. The van der Waals surface area contributed by atoms with Gasteiger partial charge in [0.2, 0.25) is 0 Å². The number of methoxy groups -OCH3 is 1. The second kappa shape index (κ2) is 16.8. The minimum atomic E-state index is -0.363. The second-order valence-electron chi connectivity index (χ2n) is 6.14. The lowest BCUT2D eigenvalue weighted by Crippen LogP contribution is -2.25. The highest BCUT2D eigenvalue weighted by Gasteiger charge is 2.18. The van der Waals surface area contributed by atoms with Gasteiger partial charge in [0.1, 0.15) is 0 Å². The van der Waals surface area contributed by atoms with E-state index in [1.54, 1.807) is 0 Å². The Kier molecular flexibility index (Phi) is 16.4. The predicted molar refractivity (Wildman–Crippen MR) is 93.1 cm³/mol. The topological polar surface area (TPSA) is 35.5 Å². The van der Waals surface area contributed by atoms with E-state index in [-0.39, 0.29) is 12.1 Å². The van der Waals surface area contributed by atoms with E-state index >= 15 is 0 Å². The monoisotopic (exact) mass is 314 g/mol. The molecule has 3 nitrogen and oxygen atoms in total. The fourth-order valence-corrected chi connectivity index (χ4v) is 2.77. The van der Waals surface area contributed by atoms with Crippen molar-refractivity contribution < 1.29 is 14.3 Å². The first-order valence-corrected chi connectivity index (χ1v) is 9.45. The molecule has 0 fully saturated rings. The molecule has 0 aliphatic heterocycles. The van der Waals surface area contributed by atoms with Gasteiger partial charge in [-0.05, 0) is 13.3 Å². The molecule has 0 radical (unpaired) electrons. The van der Waals surface area contributed by atoms with Crippen LogP contribution in [0.25, 0.3) is 0 Å². The molecule has 0 spiro atoms. The van der Waals surface area contributed by atoms with E-state index in [9.17, 15) is 4.79 Å². The lowest BCUT2D eigenvalue weighted by atomic mass is 10.0. The van der Waals surface area contributed by atoms with E-state index < -0.39 is 0 Å².